The van der Waals surface area contributed by atoms with Crippen molar-refractivity contribution in [3.05, 3.63) is 0 Å². The zero-order valence-corrected chi connectivity index (χ0v) is 9.46. The number of likely N-dealkylation sites (tertiary alicyclic amines) is 1. The minimum atomic E-state index is -5.72. The summed E-state index contributed by atoms with van der Waals surface area (Å²) in [5, 5.41) is 9.11. The summed E-state index contributed by atoms with van der Waals surface area (Å²) in [6.07, 6.45) is -17.8. The maximum Gasteiger partial charge on any atom is 0.434 e. The molecule has 0 aliphatic carbocycles. The number of aliphatic hydroxyl groups is 1. The number of carbonyl (C=O) groups is 1. The zero-order chi connectivity index (χ0) is 14.8. The van der Waals surface area contributed by atoms with Crippen molar-refractivity contribution >= 4 is 6.09 Å². The summed E-state index contributed by atoms with van der Waals surface area (Å²) in [6, 6.07) is 0. The number of hydrogen-bond donors (Lipinski definition) is 1. The monoisotopic (exact) mass is 295 g/mol. The lowest BCUT2D eigenvalue weighted by molar-refractivity contribution is -0.308. The fraction of sp³-hybridized carbons (Fsp3) is 0.889. The standard InChI is InChI=1S/C9H11F6NO3/c10-8(11,12)6(9(13,14)15)19-7(18)16-3-1-5(17)2-4-16/h5-6,17H,1-4H2. The van der Waals surface area contributed by atoms with Gasteiger partial charge in [0.05, 0.1) is 6.10 Å². The van der Waals surface area contributed by atoms with Crippen molar-refractivity contribution in [1.82, 2.24) is 4.90 Å². The van der Waals surface area contributed by atoms with E-state index in [1.165, 1.54) is 0 Å². The first-order valence-electron chi connectivity index (χ1n) is 5.29. The number of amides is 1. The van der Waals surface area contributed by atoms with Crippen LogP contribution in [0.4, 0.5) is 31.1 Å². The second kappa shape index (κ2) is 5.43. The lowest BCUT2D eigenvalue weighted by atomic mass is 10.1. The Bertz CT molecular complexity index is 307. The van der Waals surface area contributed by atoms with E-state index in [4.69, 9.17) is 5.11 Å². The van der Waals surface area contributed by atoms with Crippen molar-refractivity contribution in [2.24, 2.45) is 0 Å². The minimum absolute atomic E-state index is 0.0812. The molecule has 1 saturated heterocycles. The first-order valence-corrected chi connectivity index (χ1v) is 5.29. The Labute approximate surface area is 103 Å². The number of aliphatic hydroxyl groups excluding tert-OH is 1. The fourth-order valence-corrected chi connectivity index (χ4v) is 1.54. The van der Waals surface area contributed by atoms with Crippen LogP contribution in [0.2, 0.25) is 0 Å². The van der Waals surface area contributed by atoms with E-state index in [1.54, 1.807) is 0 Å². The summed E-state index contributed by atoms with van der Waals surface area (Å²) in [5.74, 6) is 0. The average molecular weight is 295 g/mol. The number of rotatable bonds is 1. The summed E-state index contributed by atoms with van der Waals surface area (Å²) in [5.41, 5.74) is 0. The van der Waals surface area contributed by atoms with Gasteiger partial charge in [0.2, 0.25) is 0 Å². The number of hydrogen-bond acceptors (Lipinski definition) is 3. The van der Waals surface area contributed by atoms with Gasteiger partial charge in [-0.2, -0.15) is 26.3 Å². The molecule has 1 heterocycles. The van der Waals surface area contributed by atoms with Crippen molar-refractivity contribution in [2.75, 3.05) is 13.1 Å². The summed E-state index contributed by atoms with van der Waals surface area (Å²) >= 11 is 0. The van der Waals surface area contributed by atoms with Gasteiger partial charge in [-0.3, -0.25) is 0 Å². The summed E-state index contributed by atoms with van der Waals surface area (Å²) in [6.45, 7) is -0.301. The molecular formula is C9H11F6NO3. The van der Waals surface area contributed by atoms with E-state index in [9.17, 15) is 31.1 Å². The zero-order valence-electron chi connectivity index (χ0n) is 9.46. The Morgan fingerprint density at radius 1 is 1.11 bits per heavy atom. The molecule has 0 unspecified atom stereocenters. The molecule has 0 aromatic heterocycles. The molecular weight excluding hydrogens is 284 g/mol. The predicted molar refractivity (Wildman–Crippen MR) is 49.2 cm³/mol. The highest BCUT2D eigenvalue weighted by Gasteiger charge is 2.60. The van der Waals surface area contributed by atoms with E-state index in [-0.39, 0.29) is 25.9 Å². The number of nitrogens with zero attached hydrogens (tertiary/aromatic N) is 1. The van der Waals surface area contributed by atoms with Gasteiger partial charge in [-0.25, -0.2) is 4.79 Å². The summed E-state index contributed by atoms with van der Waals surface area (Å²) in [4.78, 5) is 11.9. The quantitative estimate of drug-likeness (QED) is 0.753. The molecule has 1 aliphatic rings. The third-order valence-electron chi connectivity index (χ3n) is 2.54. The minimum Gasteiger partial charge on any atom is -0.426 e. The highest BCUT2D eigenvalue weighted by atomic mass is 19.4. The molecule has 1 fully saturated rings. The van der Waals surface area contributed by atoms with Crippen LogP contribution in [0, 0.1) is 0 Å². The van der Waals surface area contributed by atoms with Gasteiger partial charge in [-0.05, 0) is 12.8 Å². The highest BCUT2D eigenvalue weighted by molar-refractivity contribution is 5.68. The molecule has 0 bridgehead atoms. The Morgan fingerprint density at radius 2 is 1.53 bits per heavy atom. The van der Waals surface area contributed by atoms with E-state index in [0.29, 0.717) is 4.90 Å². The topological polar surface area (TPSA) is 49.8 Å². The van der Waals surface area contributed by atoms with Crippen LogP contribution in [0.5, 0.6) is 0 Å². The highest BCUT2D eigenvalue weighted by Crippen LogP contribution is 2.36. The van der Waals surface area contributed by atoms with Crippen LogP contribution < -0.4 is 0 Å². The second-order valence-electron chi connectivity index (χ2n) is 4.07. The summed E-state index contributed by atoms with van der Waals surface area (Å²) < 4.78 is 76.4. The third-order valence-corrected chi connectivity index (χ3v) is 2.54. The van der Waals surface area contributed by atoms with E-state index in [1.807, 2.05) is 0 Å². The molecule has 19 heavy (non-hydrogen) atoms. The van der Waals surface area contributed by atoms with E-state index < -0.39 is 30.7 Å². The van der Waals surface area contributed by atoms with Crippen LogP contribution >= 0.6 is 0 Å². The van der Waals surface area contributed by atoms with Crippen LogP contribution in [-0.2, 0) is 4.74 Å². The molecule has 1 N–H and O–H groups in total. The van der Waals surface area contributed by atoms with Crippen molar-refractivity contribution in [3.8, 4) is 0 Å². The maximum absolute atomic E-state index is 12.1. The van der Waals surface area contributed by atoms with Crippen LogP contribution in [0.15, 0.2) is 0 Å². The van der Waals surface area contributed by atoms with Gasteiger partial charge in [0.1, 0.15) is 0 Å². The van der Waals surface area contributed by atoms with Gasteiger partial charge in [0.15, 0.2) is 0 Å². The van der Waals surface area contributed by atoms with Crippen LogP contribution in [-0.4, -0.2) is 53.7 Å². The number of carbonyl (C=O) groups excluding carboxylic acids is 1. The molecule has 1 amide bonds. The molecule has 0 saturated carbocycles. The van der Waals surface area contributed by atoms with Crippen molar-refractivity contribution in [1.29, 1.82) is 0 Å². The Morgan fingerprint density at radius 3 is 1.89 bits per heavy atom. The lowest BCUT2D eigenvalue weighted by Crippen LogP contribution is -2.49. The SMILES string of the molecule is O=C(OC(C(F)(F)F)C(F)(F)F)N1CCC(O)CC1. The molecule has 0 atom stereocenters. The van der Waals surface area contributed by atoms with Crippen LogP contribution in [0.25, 0.3) is 0 Å². The number of piperidine rings is 1. The van der Waals surface area contributed by atoms with E-state index in [0.717, 1.165) is 0 Å². The fourth-order valence-electron chi connectivity index (χ4n) is 1.54. The first-order chi connectivity index (χ1) is 8.51. The van der Waals surface area contributed by atoms with Crippen LogP contribution in [0.1, 0.15) is 12.8 Å². The van der Waals surface area contributed by atoms with E-state index in [2.05, 4.69) is 4.74 Å². The van der Waals surface area contributed by atoms with Gasteiger partial charge in [0, 0.05) is 13.1 Å². The number of ether oxygens (including phenoxy) is 1. The largest absolute Gasteiger partial charge is 0.434 e. The second-order valence-corrected chi connectivity index (χ2v) is 4.07. The Hall–Kier alpha value is -1.19. The molecule has 10 heteroatoms. The van der Waals surface area contributed by atoms with Crippen molar-refractivity contribution in [3.63, 3.8) is 0 Å². The molecule has 4 nitrogen and oxygen atoms in total. The van der Waals surface area contributed by atoms with Gasteiger partial charge < -0.3 is 14.7 Å². The normalized spacial score (nSPS) is 18.8. The maximum atomic E-state index is 12.1. The van der Waals surface area contributed by atoms with Gasteiger partial charge >= 0.3 is 18.4 Å². The molecule has 1 rings (SSSR count). The molecule has 0 aromatic rings. The van der Waals surface area contributed by atoms with E-state index >= 15 is 0 Å². The van der Waals surface area contributed by atoms with Crippen molar-refractivity contribution in [2.45, 2.75) is 37.4 Å². The van der Waals surface area contributed by atoms with Gasteiger partial charge in [-0.1, -0.05) is 0 Å². The third kappa shape index (κ3) is 4.44. The van der Waals surface area contributed by atoms with Gasteiger partial charge in [0.25, 0.3) is 6.10 Å². The molecule has 1 aliphatic heterocycles. The number of halogens is 6. The first kappa shape index (κ1) is 15.9. The molecule has 0 radical (unpaired) electrons. The molecule has 112 valence electrons. The summed E-state index contributed by atoms with van der Waals surface area (Å²) in [7, 11) is 0. The average Bonchev–Trinajstić information content (AvgIpc) is 2.23. The van der Waals surface area contributed by atoms with Gasteiger partial charge in [-0.15, -0.1) is 0 Å². The Balaban J connectivity index is 2.67. The molecule has 0 aromatic carbocycles. The smallest absolute Gasteiger partial charge is 0.426 e. The number of alkyl halides is 6. The molecule has 0 spiro atoms. The predicted octanol–water partition coefficient (Wildman–Crippen LogP) is 2.07. The van der Waals surface area contributed by atoms with Crippen LogP contribution in [0.3, 0.4) is 0 Å². The lowest BCUT2D eigenvalue weighted by Gasteiger charge is -2.31. The Kier molecular flexibility index (Phi) is 4.54. The van der Waals surface area contributed by atoms with Crippen molar-refractivity contribution < 1.29 is 41.0 Å².